The molecule has 2 rings (SSSR count). The van der Waals surface area contributed by atoms with E-state index < -0.39 is 0 Å². The molecule has 0 aliphatic carbocycles. The van der Waals surface area contributed by atoms with Gasteiger partial charge >= 0.3 is 0 Å². The van der Waals surface area contributed by atoms with E-state index in [1.165, 1.54) is 0 Å². The molecule has 4 heteroatoms. The van der Waals surface area contributed by atoms with Gasteiger partial charge < -0.3 is 0 Å². The van der Waals surface area contributed by atoms with Crippen molar-refractivity contribution in [1.82, 2.24) is 9.97 Å². The molecule has 0 aliphatic heterocycles. The van der Waals surface area contributed by atoms with Gasteiger partial charge in [0.1, 0.15) is 0 Å². The molecule has 2 heterocycles. The summed E-state index contributed by atoms with van der Waals surface area (Å²) in [4.78, 5) is 8.17. The van der Waals surface area contributed by atoms with Crippen LogP contribution in [0.15, 0.2) is 59.0 Å². The monoisotopic (exact) mass is 210 g/mol. The van der Waals surface area contributed by atoms with Gasteiger partial charge in [-0.05, 0) is 24.3 Å². The van der Waals surface area contributed by atoms with Crippen molar-refractivity contribution >= 4 is 12.4 Å². The minimum atomic E-state index is 0.778. The number of hydrogen-bond acceptors (Lipinski definition) is 4. The van der Waals surface area contributed by atoms with Crippen LogP contribution in [0.4, 0.5) is 0 Å². The molecule has 2 aromatic rings. The molecular weight excluding hydrogens is 200 g/mol. The summed E-state index contributed by atoms with van der Waals surface area (Å²) in [6, 6.07) is 11.2. The lowest BCUT2D eigenvalue weighted by Gasteiger charge is -1.88. The highest BCUT2D eigenvalue weighted by molar-refractivity contribution is 5.79. The SMILES string of the molecule is C(=N/N=C/c1ccccn1)/c1ccccn1. The molecule has 0 aromatic carbocycles. The number of aromatic nitrogens is 2. The first-order valence-electron chi connectivity index (χ1n) is 4.83. The van der Waals surface area contributed by atoms with Crippen molar-refractivity contribution in [2.45, 2.75) is 0 Å². The second kappa shape index (κ2) is 5.50. The first kappa shape index (κ1) is 10.2. The van der Waals surface area contributed by atoms with E-state index in [0.717, 1.165) is 11.4 Å². The Morgan fingerprint density at radius 2 is 1.25 bits per heavy atom. The fraction of sp³-hybridized carbons (Fsp3) is 0. The Bertz CT molecular complexity index is 429. The highest BCUT2D eigenvalue weighted by atomic mass is 15.2. The number of pyridine rings is 2. The third kappa shape index (κ3) is 3.09. The van der Waals surface area contributed by atoms with Gasteiger partial charge in [0.25, 0.3) is 0 Å². The van der Waals surface area contributed by atoms with Crippen molar-refractivity contribution in [1.29, 1.82) is 0 Å². The third-order valence-electron chi connectivity index (χ3n) is 1.82. The van der Waals surface area contributed by atoms with Crippen LogP contribution in [-0.2, 0) is 0 Å². The summed E-state index contributed by atoms with van der Waals surface area (Å²) in [5, 5.41) is 7.76. The van der Waals surface area contributed by atoms with Gasteiger partial charge in [-0.2, -0.15) is 10.2 Å². The molecule has 0 fully saturated rings. The lowest BCUT2D eigenvalue weighted by Crippen LogP contribution is -1.85. The Balaban J connectivity index is 1.98. The zero-order chi connectivity index (χ0) is 11.1. The third-order valence-corrected chi connectivity index (χ3v) is 1.82. The first-order chi connectivity index (χ1) is 7.95. The number of nitrogens with zero attached hydrogens (tertiary/aromatic N) is 4. The van der Waals surface area contributed by atoms with Gasteiger partial charge in [0.15, 0.2) is 0 Å². The smallest absolute Gasteiger partial charge is 0.0831 e. The first-order valence-corrected chi connectivity index (χ1v) is 4.83. The topological polar surface area (TPSA) is 50.5 Å². The van der Waals surface area contributed by atoms with Crippen molar-refractivity contribution < 1.29 is 0 Å². The van der Waals surface area contributed by atoms with E-state index >= 15 is 0 Å². The van der Waals surface area contributed by atoms with Crippen molar-refractivity contribution in [3.05, 3.63) is 60.2 Å². The summed E-state index contributed by atoms with van der Waals surface area (Å²) < 4.78 is 0. The van der Waals surface area contributed by atoms with Gasteiger partial charge in [0.05, 0.1) is 23.8 Å². The highest BCUT2D eigenvalue weighted by Gasteiger charge is 1.85. The van der Waals surface area contributed by atoms with E-state index in [2.05, 4.69) is 20.2 Å². The van der Waals surface area contributed by atoms with Crippen molar-refractivity contribution in [2.24, 2.45) is 10.2 Å². The van der Waals surface area contributed by atoms with E-state index in [0.29, 0.717) is 0 Å². The van der Waals surface area contributed by atoms with Crippen molar-refractivity contribution in [3.63, 3.8) is 0 Å². The Hall–Kier alpha value is -2.36. The fourth-order valence-corrected chi connectivity index (χ4v) is 1.09. The molecular formula is C12H10N4. The van der Waals surface area contributed by atoms with Gasteiger partial charge in [-0.3, -0.25) is 9.97 Å². The molecule has 0 atom stereocenters. The maximum Gasteiger partial charge on any atom is 0.0831 e. The number of hydrogen-bond donors (Lipinski definition) is 0. The largest absolute Gasteiger partial charge is 0.255 e. The molecule has 0 saturated heterocycles. The lowest BCUT2D eigenvalue weighted by molar-refractivity contribution is 1.22. The second-order valence-electron chi connectivity index (χ2n) is 3.00. The highest BCUT2D eigenvalue weighted by Crippen LogP contribution is 1.90. The van der Waals surface area contributed by atoms with Crippen molar-refractivity contribution in [3.8, 4) is 0 Å². The normalized spacial score (nSPS) is 11.2. The molecule has 0 saturated carbocycles. The van der Waals surface area contributed by atoms with Gasteiger partial charge in [-0.25, -0.2) is 0 Å². The van der Waals surface area contributed by atoms with Gasteiger partial charge in [0, 0.05) is 12.4 Å². The molecule has 0 radical (unpaired) electrons. The van der Waals surface area contributed by atoms with Gasteiger partial charge in [0.2, 0.25) is 0 Å². The Labute approximate surface area is 93.4 Å². The quantitative estimate of drug-likeness (QED) is 0.574. The van der Waals surface area contributed by atoms with Crippen LogP contribution in [0.3, 0.4) is 0 Å². The minimum Gasteiger partial charge on any atom is -0.255 e. The van der Waals surface area contributed by atoms with Crippen molar-refractivity contribution in [2.75, 3.05) is 0 Å². The summed E-state index contributed by atoms with van der Waals surface area (Å²) in [6.07, 6.45) is 6.62. The molecule has 0 spiro atoms. The Morgan fingerprint density at radius 3 is 1.62 bits per heavy atom. The molecule has 0 aliphatic rings. The van der Waals surface area contributed by atoms with Gasteiger partial charge in [-0.15, -0.1) is 0 Å². The summed E-state index contributed by atoms with van der Waals surface area (Å²) in [5.74, 6) is 0. The molecule has 0 bridgehead atoms. The van der Waals surface area contributed by atoms with Crippen LogP contribution in [0, 0.1) is 0 Å². The van der Waals surface area contributed by atoms with E-state index in [1.807, 2.05) is 36.4 Å². The molecule has 2 aromatic heterocycles. The summed E-state index contributed by atoms with van der Waals surface area (Å²) in [6.45, 7) is 0. The van der Waals surface area contributed by atoms with Crippen LogP contribution in [0.5, 0.6) is 0 Å². The molecule has 0 unspecified atom stereocenters. The lowest BCUT2D eigenvalue weighted by atomic mass is 10.4. The molecule has 0 amide bonds. The van der Waals surface area contributed by atoms with E-state index in [-0.39, 0.29) is 0 Å². The molecule has 16 heavy (non-hydrogen) atoms. The van der Waals surface area contributed by atoms with E-state index in [4.69, 9.17) is 0 Å². The second-order valence-corrected chi connectivity index (χ2v) is 3.00. The standard InChI is InChI=1S/C12H10N4/c1-3-7-13-11(5-1)9-15-16-10-12-6-2-4-8-14-12/h1-10H/b15-9-,16-10+. The zero-order valence-electron chi connectivity index (χ0n) is 8.56. The maximum absolute atomic E-state index is 4.08. The predicted molar refractivity (Wildman–Crippen MR) is 63.7 cm³/mol. The Morgan fingerprint density at radius 1 is 0.750 bits per heavy atom. The maximum atomic E-state index is 4.08. The van der Waals surface area contributed by atoms with Crippen LogP contribution in [-0.4, -0.2) is 22.4 Å². The average Bonchev–Trinajstić information content (AvgIpc) is 2.37. The molecule has 4 nitrogen and oxygen atoms in total. The van der Waals surface area contributed by atoms with E-state index in [9.17, 15) is 0 Å². The van der Waals surface area contributed by atoms with Crippen LogP contribution in [0.1, 0.15) is 11.4 Å². The summed E-state index contributed by atoms with van der Waals surface area (Å²) in [5.41, 5.74) is 1.56. The van der Waals surface area contributed by atoms with Crippen LogP contribution in [0.25, 0.3) is 0 Å². The van der Waals surface area contributed by atoms with Crippen LogP contribution < -0.4 is 0 Å². The zero-order valence-corrected chi connectivity index (χ0v) is 8.56. The number of rotatable bonds is 3. The molecule has 78 valence electrons. The fourth-order valence-electron chi connectivity index (χ4n) is 1.09. The average molecular weight is 210 g/mol. The van der Waals surface area contributed by atoms with Crippen LogP contribution in [0.2, 0.25) is 0 Å². The van der Waals surface area contributed by atoms with E-state index in [1.54, 1.807) is 24.8 Å². The minimum absolute atomic E-state index is 0.778. The summed E-state index contributed by atoms with van der Waals surface area (Å²) >= 11 is 0. The molecule has 0 N–H and O–H groups in total. The predicted octanol–water partition coefficient (Wildman–Crippen LogP) is 1.93. The van der Waals surface area contributed by atoms with Crippen LogP contribution >= 0.6 is 0 Å². The Kier molecular flexibility index (Phi) is 3.50. The summed E-state index contributed by atoms with van der Waals surface area (Å²) in [7, 11) is 0. The van der Waals surface area contributed by atoms with Gasteiger partial charge in [-0.1, -0.05) is 12.1 Å².